The summed E-state index contributed by atoms with van der Waals surface area (Å²) in [7, 11) is -4.35. The first-order valence-corrected chi connectivity index (χ1v) is 9.54. The van der Waals surface area contributed by atoms with E-state index < -0.39 is 33.2 Å². The minimum absolute atomic E-state index is 0.0103. The lowest BCUT2D eigenvalue weighted by Gasteiger charge is -2.11. The molecular weight excluding hydrogens is 411 g/mol. The third kappa shape index (κ3) is 4.27. The van der Waals surface area contributed by atoms with Gasteiger partial charge in [-0.25, -0.2) is 22.6 Å². The molecule has 3 rings (SSSR count). The van der Waals surface area contributed by atoms with Crippen LogP contribution >= 0.6 is 0 Å². The molecular formula is C17H14F3N5O3S. The number of primary amides is 1. The summed E-state index contributed by atoms with van der Waals surface area (Å²) < 4.78 is 64.7. The number of hydrogen-bond donors (Lipinski definition) is 2. The summed E-state index contributed by atoms with van der Waals surface area (Å²) >= 11 is 0. The molecule has 8 nitrogen and oxygen atoms in total. The van der Waals surface area contributed by atoms with Gasteiger partial charge in [0.2, 0.25) is 15.9 Å². The summed E-state index contributed by atoms with van der Waals surface area (Å²) in [6, 6.07) is 5.26. The zero-order valence-corrected chi connectivity index (χ0v) is 15.4. The molecule has 2 aromatic heterocycles. The van der Waals surface area contributed by atoms with E-state index in [0.717, 1.165) is 24.7 Å². The number of carbonyl (C=O) groups excluding carboxylic acids is 1. The molecule has 0 atom stereocenters. The zero-order valence-electron chi connectivity index (χ0n) is 14.6. The van der Waals surface area contributed by atoms with Crippen molar-refractivity contribution in [1.29, 1.82) is 0 Å². The van der Waals surface area contributed by atoms with Crippen LogP contribution in [0.5, 0.6) is 0 Å². The predicted octanol–water partition coefficient (Wildman–Crippen LogP) is 1.82. The van der Waals surface area contributed by atoms with Gasteiger partial charge < -0.3 is 5.73 Å². The van der Waals surface area contributed by atoms with Crippen molar-refractivity contribution < 1.29 is 26.4 Å². The molecule has 0 aliphatic carbocycles. The summed E-state index contributed by atoms with van der Waals surface area (Å²) in [5, 5.41) is 8.68. The molecule has 0 saturated heterocycles. The Balaban J connectivity index is 2.16. The second kappa shape index (κ2) is 7.64. The van der Waals surface area contributed by atoms with Crippen LogP contribution in [0.2, 0.25) is 0 Å². The molecule has 2 heterocycles. The second-order valence-electron chi connectivity index (χ2n) is 6.02. The number of alkyl halides is 2. The van der Waals surface area contributed by atoms with E-state index in [0.29, 0.717) is 4.68 Å². The highest BCUT2D eigenvalue weighted by Crippen LogP contribution is 2.31. The molecule has 152 valence electrons. The van der Waals surface area contributed by atoms with Gasteiger partial charge in [-0.1, -0.05) is 18.2 Å². The molecule has 0 unspecified atom stereocenters. The minimum atomic E-state index is -4.35. The van der Waals surface area contributed by atoms with Gasteiger partial charge >= 0.3 is 6.55 Å². The number of amides is 1. The van der Waals surface area contributed by atoms with Crippen LogP contribution < -0.4 is 10.9 Å². The molecule has 29 heavy (non-hydrogen) atoms. The van der Waals surface area contributed by atoms with Gasteiger partial charge in [-0.05, 0) is 11.6 Å². The molecule has 0 aliphatic rings. The third-order valence-electron chi connectivity index (χ3n) is 3.99. The standard InChI is InChI=1S/C17H14F3N5O3S/c18-15-9(5-14(21)26)2-1-3-12(15)10-4-13(29(22,27)28)16(23-6-10)11-7-24-25(8-11)17(19)20/h1-4,6-8,17H,5H2,(H2,21,26)(H2,22,27,28). The molecule has 0 bridgehead atoms. The van der Waals surface area contributed by atoms with Crippen molar-refractivity contribution in [1.82, 2.24) is 14.8 Å². The molecule has 4 N–H and O–H groups in total. The maximum Gasteiger partial charge on any atom is 0.333 e. The monoisotopic (exact) mass is 425 g/mol. The fourth-order valence-corrected chi connectivity index (χ4v) is 3.45. The Kier molecular flexibility index (Phi) is 5.40. The van der Waals surface area contributed by atoms with Crippen LogP contribution in [0.25, 0.3) is 22.4 Å². The van der Waals surface area contributed by atoms with E-state index in [1.54, 1.807) is 0 Å². The lowest BCUT2D eigenvalue weighted by atomic mass is 10.0. The number of benzene rings is 1. The summed E-state index contributed by atoms with van der Waals surface area (Å²) in [6.45, 7) is -2.93. The Labute approximate surface area is 163 Å². The summed E-state index contributed by atoms with van der Waals surface area (Å²) in [6.07, 6.45) is 2.74. The molecule has 3 aromatic rings. The van der Waals surface area contributed by atoms with Crippen molar-refractivity contribution in [3.63, 3.8) is 0 Å². The van der Waals surface area contributed by atoms with Crippen molar-refractivity contribution in [2.45, 2.75) is 17.9 Å². The largest absolute Gasteiger partial charge is 0.369 e. The van der Waals surface area contributed by atoms with Crippen LogP contribution in [0, 0.1) is 5.82 Å². The fraction of sp³-hybridized carbons (Fsp3) is 0.118. The average Bonchev–Trinajstić information content (AvgIpc) is 3.12. The molecule has 1 aromatic carbocycles. The number of primary sulfonamides is 1. The number of pyridine rings is 1. The molecule has 0 spiro atoms. The lowest BCUT2D eigenvalue weighted by molar-refractivity contribution is -0.117. The van der Waals surface area contributed by atoms with E-state index in [1.807, 2.05) is 0 Å². The van der Waals surface area contributed by atoms with E-state index in [1.165, 1.54) is 18.2 Å². The number of nitrogens with two attached hydrogens (primary N) is 2. The number of sulfonamides is 1. The van der Waals surface area contributed by atoms with Gasteiger partial charge in [0.1, 0.15) is 10.7 Å². The lowest BCUT2D eigenvalue weighted by Crippen LogP contribution is -2.15. The Morgan fingerprint density at radius 2 is 1.93 bits per heavy atom. The Morgan fingerprint density at radius 3 is 2.52 bits per heavy atom. The first-order valence-electron chi connectivity index (χ1n) is 7.99. The van der Waals surface area contributed by atoms with E-state index in [-0.39, 0.29) is 34.4 Å². The maximum absolute atomic E-state index is 14.7. The van der Waals surface area contributed by atoms with Gasteiger partial charge in [0.25, 0.3) is 0 Å². The number of hydrogen-bond acceptors (Lipinski definition) is 5. The third-order valence-corrected chi connectivity index (χ3v) is 4.91. The van der Waals surface area contributed by atoms with Gasteiger partial charge in [0.05, 0.1) is 18.3 Å². The molecule has 1 amide bonds. The molecule has 12 heteroatoms. The highest BCUT2D eigenvalue weighted by Gasteiger charge is 2.22. The van der Waals surface area contributed by atoms with Crippen LogP contribution in [-0.4, -0.2) is 29.1 Å². The van der Waals surface area contributed by atoms with E-state index in [4.69, 9.17) is 10.9 Å². The number of aromatic nitrogens is 3. The first-order chi connectivity index (χ1) is 13.6. The van der Waals surface area contributed by atoms with Crippen molar-refractivity contribution in [3.8, 4) is 22.4 Å². The van der Waals surface area contributed by atoms with Gasteiger partial charge in [0, 0.05) is 29.1 Å². The van der Waals surface area contributed by atoms with Gasteiger partial charge in [-0.3, -0.25) is 9.78 Å². The van der Waals surface area contributed by atoms with Crippen LogP contribution in [0.1, 0.15) is 12.1 Å². The number of nitrogens with zero attached hydrogens (tertiary/aromatic N) is 3. The predicted molar refractivity (Wildman–Crippen MR) is 96.4 cm³/mol. The van der Waals surface area contributed by atoms with Gasteiger partial charge in [-0.2, -0.15) is 13.9 Å². The molecule has 0 fully saturated rings. The smallest absolute Gasteiger partial charge is 0.333 e. The second-order valence-corrected chi connectivity index (χ2v) is 7.55. The van der Waals surface area contributed by atoms with E-state index in [2.05, 4.69) is 10.1 Å². The minimum Gasteiger partial charge on any atom is -0.369 e. The Morgan fingerprint density at radius 1 is 1.21 bits per heavy atom. The van der Waals surface area contributed by atoms with Crippen molar-refractivity contribution in [2.24, 2.45) is 10.9 Å². The zero-order chi connectivity index (χ0) is 21.3. The fourth-order valence-electron chi connectivity index (χ4n) is 2.72. The number of halogens is 3. The summed E-state index contributed by atoms with van der Waals surface area (Å²) in [5.74, 6) is -1.51. The maximum atomic E-state index is 14.7. The van der Waals surface area contributed by atoms with Crippen molar-refractivity contribution in [2.75, 3.05) is 0 Å². The first kappa shape index (κ1) is 20.5. The van der Waals surface area contributed by atoms with Crippen molar-refractivity contribution >= 4 is 15.9 Å². The van der Waals surface area contributed by atoms with Crippen LogP contribution in [0.3, 0.4) is 0 Å². The van der Waals surface area contributed by atoms with Gasteiger partial charge in [-0.15, -0.1) is 0 Å². The molecule has 0 radical (unpaired) electrons. The molecule has 0 saturated carbocycles. The number of carbonyl (C=O) groups is 1. The van der Waals surface area contributed by atoms with E-state index >= 15 is 0 Å². The van der Waals surface area contributed by atoms with Crippen LogP contribution in [0.4, 0.5) is 13.2 Å². The highest BCUT2D eigenvalue weighted by molar-refractivity contribution is 7.89. The van der Waals surface area contributed by atoms with Crippen molar-refractivity contribution in [3.05, 3.63) is 54.2 Å². The van der Waals surface area contributed by atoms with Gasteiger partial charge in [0.15, 0.2) is 0 Å². The summed E-state index contributed by atoms with van der Waals surface area (Å²) in [4.78, 5) is 14.6. The average molecular weight is 425 g/mol. The van der Waals surface area contributed by atoms with Crippen LogP contribution in [0.15, 0.2) is 47.8 Å². The molecule has 0 aliphatic heterocycles. The van der Waals surface area contributed by atoms with Crippen LogP contribution in [-0.2, 0) is 21.2 Å². The Hall–Kier alpha value is -3.25. The highest BCUT2D eigenvalue weighted by atomic mass is 32.2. The SMILES string of the molecule is NC(=O)Cc1cccc(-c2cnc(-c3cnn(C(F)F)c3)c(S(N)(=O)=O)c2)c1F. The topological polar surface area (TPSA) is 134 Å². The van der Waals surface area contributed by atoms with E-state index in [9.17, 15) is 26.4 Å². The summed E-state index contributed by atoms with van der Waals surface area (Å²) in [5.41, 5.74) is 4.92. The Bertz CT molecular complexity index is 1190. The quantitative estimate of drug-likeness (QED) is 0.621. The normalized spacial score (nSPS) is 11.8. The number of rotatable bonds is 6.